The first-order chi connectivity index (χ1) is 8.85. The zero-order chi connectivity index (χ0) is 14.2. The number of carbonyl (C=O) groups is 2. The van der Waals surface area contributed by atoms with Gasteiger partial charge in [0.05, 0.1) is 13.2 Å². The van der Waals surface area contributed by atoms with Crippen LogP contribution in [0.3, 0.4) is 0 Å². The average Bonchev–Trinajstić information content (AvgIpc) is 2.57. The average molecular weight is 294 g/mol. The summed E-state index contributed by atoms with van der Waals surface area (Å²) < 4.78 is 32.2. The molecule has 0 saturated heterocycles. The number of esters is 1. The van der Waals surface area contributed by atoms with Gasteiger partial charge in [-0.05, 0) is 6.92 Å². The van der Waals surface area contributed by atoms with Gasteiger partial charge >= 0.3 is 5.97 Å². The minimum atomic E-state index is -3.16. The molecule has 0 radical (unpaired) electrons. The van der Waals surface area contributed by atoms with E-state index in [4.69, 9.17) is 11.6 Å². The highest BCUT2D eigenvalue weighted by Crippen LogP contribution is 2.27. The molecule has 1 aromatic rings. The molecule has 9 heteroatoms. The number of aromatic nitrogens is 2. The van der Waals surface area contributed by atoms with Crippen LogP contribution >= 0.6 is 11.6 Å². The van der Waals surface area contributed by atoms with E-state index in [1.54, 1.807) is 6.92 Å². The van der Waals surface area contributed by atoms with E-state index in [0.717, 1.165) is 4.68 Å². The number of hydrogen-bond acceptors (Lipinski definition) is 4. The first-order valence-electron chi connectivity index (χ1n) is 5.45. The van der Waals surface area contributed by atoms with Crippen LogP contribution in [0.4, 0.5) is 8.78 Å². The van der Waals surface area contributed by atoms with Gasteiger partial charge in [-0.2, -0.15) is 5.10 Å². The third-order valence-electron chi connectivity index (χ3n) is 2.47. The standard InChI is InChI=1S/C10H10ClF2N3O3/c1-2-19-9(18)6-5(11)7-8(17)14-3-10(12,13)4-16(7)15-6/h2-4H2,1H3,(H,14,17). The lowest BCUT2D eigenvalue weighted by Crippen LogP contribution is -2.35. The molecule has 2 heterocycles. The van der Waals surface area contributed by atoms with Gasteiger partial charge in [-0.25, -0.2) is 13.6 Å². The van der Waals surface area contributed by atoms with Crippen LogP contribution in [0.2, 0.25) is 5.02 Å². The van der Waals surface area contributed by atoms with Crippen molar-refractivity contribution in [3.8, 4) is 0 Å². The molecular weight excluding hydrogens is 284 g/mol. The van der Waals surface area contributed by atoms with Crippen LogP contribution in [-0.2, 0) is 11.3 Å². The van der Waals surface area contributed by atoms with Crippen LogP contribution in [0, 0.1) is 0 Å². The summed E-state index contributed by atoms with van der Waals surface area (Å²) in [5.41, 5.74) is -0.603. The number of amides is 1. The van der Waals surface area contributed by atoms with Gasteiger partial charge in [-0.1, -0.05) is 11.6 Å². The van der Waals surface area contributed by atoms with Gasteiger partial charge in [0.2, 0.25) is 0 Å². The van der Waals surface area contributed by atoms with Gasteiger partial charge in [-0.3, -0.25) is 9.48 Å². The van der Waals surface area contributed by atoms with Crippen LogP contribution in [0.1, 0.15) is 27.9 Å². The Morgan fingerprint density at radius 3 is 2.95 bits per heavy atom. The van der Waals surface area contributed by atoms with Crippen LogP contribution in [0.25, 0.3) is 0 Å². The summed E-state index contributed by atoms with van der Waals surface area (Å²) in [5.74, 6) is -4.82. The highest BCUT2D eigenvalue weighted by Gasteiger charge is 2.38. The molecule has 0 atom stereocenters. The predicted octanol–water partition coefficient (Wildman–Crippen LogP) is 1.09. The lowest BCUT2D eigenvalue weighted by atomic mass is 10.3. The maximum absolute atomic E-state index is 13.4. The molecule has 6 nitrogen and oxygen atoms in total. The highest BCUT2D eigenvalue weighted by atomic mass is 35.5. The molecule has 1 aliphatic heterocycles. The molecule has 0 aliphatic carbocycles. The summed E-state index contributed by atoms with van der Waals surface area (Å²) in [5, 5.41) is 5.39. The van der Waals surface area contributed by atoms with E-state index in [1.165, 1.54) is 0 Å². The van der Waals surface area contributed by atoms with Crippen LogP contribution in [0.15, 0.2) is 0 Å². The maximum Gasteiger partial charge on any atom is 0.360 e. The van der Waals surface area contributed by atoms with Crippen molar-refractivity contribution in [2.45, 2.75) is 19.4 Å². The minimum absolute atomic E-state index is 0.0830. The van der Waals surface area contributed by atoms with E-state index >= 15 is 0 Å². The Morgan fingerprint density at radius 2 is 2.32 bits per heavy atom. The number of nitrogens with zero attached hydrogens (tertiary/aromatic N) is 2. The monoisotopic (exact) mass is 293 g/mol. The number of carbonyl (C=O) groups excluding carboxylic acids is 2. The van der Waals surface area contributed by atoms with Gasteiger partial charge in [0, 0.05) is 0 Å². The number of fused-ring (bicyclic) bond motifs is 1. The van der Waals surface area contributed by atoms with Crippen molar-refractivity contribution in [1.82, 2.24) is 15.1 Å². The van der Waals surface area contributed by atoms with Crippen LogP contribution in [-0.4, -0.2) is 40.7 Å². The van der Waals surface area contributed by atoms with Gasteiger partial charge in [-0.15, -0.1) is 0 Å². The fourth-order valence-electron chi connectivity index (χ4n) is 1.67. The van der Waals surface area contributed by atoms with Crippen molar-refractivity contribution in [3.63, 3.8) is 0 Å². The Morgan fingerprint density at radius 1 is 1.63 bits per heavy atom. The molecule has 19 heavy (non-hydrogen) atoms. The summed E-state index contributed by atoms with van der Waals surface area (Å²) in [4.78, 5) is 23.2. The van der Waals surface area contributed by atoms with Crippen LogP contribution < -0.4 is 5.32 Å². The van der Waals surface area contributed by atoms with Crippen LogP contribution in [0.5, 0.6) is 0 Å². The van der Waals surface area contributed by atoms with Crippen molar-refractivity contribution >= 4 is 23.5 Å². The Kier molecular flexibility index (Phi) is 3.44. The summed E-state index contributed by atoms with van der Waals surface area (Å²) in [7, 11) is 0. The van der Waals surface area contributed by atoms with E-state index in [9.17, 15) is 18.4 Å². The Balaban J connectivity index is 2.47. The predicted molar refractivity (Wildman–Crippen MR) is 60.5 cm³/mol. The van der Waals surface area contributed by atoms with Crippen molar-refractivity contribution in [2.75, 3.05) is 13.2 Å². The first kappa shape index (κ1) is 13.7. The second-order valence-electron chi connectivity index (χ2n) is 3.93. The smallest absolute Gasteiger partial charge is 0.360 e. The number of rotatable bonds is 2. The van der Waals surface area contributed by atoms with E-state index in [2.05, 4.69) is 9.84 Å². The van der Waals surface area contributed by atoms with Gasteiger partial charge in [0.1, 0.15) is 17.3 Å². The molecule has 1 amide bonds. The number of nitrogens with one attached hydrogen (secondary N) is 1. The fourth-order valence-corrected chi connectivity index (χ4v) is 1.97. The van der Waals surface area contributed by atoms with Gasteiger partial charge in [0.15, 0.2) is 5.69 Å². The molecule has 0 fully saturated rings. The summed E-state index contributed by atoms with van der Waals surface area (Å²) in [6.45, 7) is 0.0217. The molecule has 0 spiro atoms. The largest absolute Gasteiger partial charge is 0.461 e. The topological polar surface area (TPSA) is 73.2 Å². The van der Waals surface area contributed by atoms with Crippen molar-refractivity contribution < 1.29 is 23.1 Å². The molecule has 1 N–H and O–H groups in total. The number of alkyl halides is 2. The normalized spacial score (nSPS) is 17.4. The lowest BCUT2D eigenvalue weighted by molar-refractivity contribution is -0.0133. The maximum atomic E-state index is 13.4. The molecule has 1 aromatic heterocycles. The molecule has 0 saturated carbocycles. The minimum Gasteiger partial charge on any atom is -0.461 e. The Labute approximate surface area is 111 Å². The molecule has 0 bridgehead atoms. The van der Waals surface area contributed by atoms with E-state index in [-0.39, 0.29) is 23.0 Å². The second kappa shape index (κ2) is 4.76. The quantitative estimate of drug-likeness (QED) is 0.829. The molecule has 0 aromatic carbocycles. The SMILES string of the molecule is CCOC(=O)c1nn2c(c1Cl)C(=O)NCC(F)(F)C2. The fraction of sp³-hybridized carbons (Fsp3) is 0.500. The molecule has 0 unspecified atom stereocenters. The van der Waals surface area contributed by atoms with Gasteiger partial charge < -0.3 is 10.1 Å². The molecular formula is C10H10ClF2N3O3. The third kappa shape index (κ3) is 2.53. The van der Waals surface area contributed by atoms with E-state index in [1.807, 2.05) is 5.32 Å². The zero-order valence-electron chi connectivity index (χ0n) is 9.87. The Bertz CT molecular complexity index is 544. The van der Waals surface area contributed by atoms with E-state index in [0.29, 0.717) is 0 Å². The first-order valence-corrected chi connectivity index (χ1v) is 5.83. The number of ether oxygens (including phenoxy) is 1. The van der Waals surface area contributed by atoms with Crippen molar-refractivity contribution in [3.05, 3.63) is 16.4 Å². The van der Waals surface area contributed by atoms with Crippen molar-refractivity contribution in [1.29, 1.82) is 0 Å². The third-order valence-corrected chi connectivity index (χ3v) is 2.83. The summed E-state index contributed by atoms with van der Waals surface area (Å²) in [6.07, 6.45) is 0. The summed E-state index contributed by atoms with van der Waals surface area (Å²) >= 11 is 5.84. The van der Waals surface area contributed by atoms with Gasteiger partial charge in [0.25, 0.3) is 11.8 Å². The summed E-state index contributed by atoms with van der Waals surface area (Å²) in [6, 6.07) is 0. The Hall–Kier alpha value is -1.70. The van der Waals surface area contributed by atoms with E-state index < -0.39 is 30.9 Å². The molecule has 1 aliphatic rings. The zero-order valence-corrected chi connectivity index (χ0v) is 10.6. The molecule has 104 valence electrons. The van der Waals surface area contributed by atoms with Crippen molar-refractivity contribution in [2.24, 2.45) is 0 Å². The lowest BCUT2D eigenvalue weighted by Gasteiger charge is -2.12. The molecule has 2 rings (SSSR count). The highest BCUT2D eigenvalue weighted by molar-refractivity contribution is 6.36. The number of hydrogen-bond donors (Lipinski definition) is 1. The second-order valence-corrected chi connectivity index (χ2v) is 4.31. The number of halogens is 3.